The number of allylic oxidation sites excluding steroid dienone is 2. The maximum Gasteiger partial charge on any atom is 0.472 e. The second-order valence-electron chi connectivity index (χ2n) is 13.2. The fourth-order valence-corrected chi connectivity index (χ4v) is 6.22. The summed E-state index contributed by atoms with van der Waals surface area (Å²) in [6.07, 6.45) is 33.8. The quantitative estimate of drug-likeness (QED) is 0.0280. The minimum Gasteiger partial charge on any atom is -0.462 e. The number of nitrogens with two attached hydrogens (primary N) is 1. The Morgan fingerprint density at radius 2 is 1.02 bits per heavy atom. The van der Waals surface area contributed by atoms with Crippen molar-refractivity contribution < 1.29 is 37.6 Å². The van der Waals surface area contributed by atoms with Gasteiger partial charge in [0.25, 0.3) is 0 Å². The van der Waals surface area contributed by atoms with E-state index < -0.39 is 26.5 Å². The number of phosphoric ester groups is 1. The Bertz CT molecular complexity index is 810. The molecule has 0 aromatic heterocycles. The number of esters is 2. The highest BCUT2D eigenvalue weighted by atomic mass is 31.2. The van der Waals surface area contributed by atoms with E-state index in [1.54, 1.807) is 0 Å². The molecule has 0 saturated heterocycles. The molecule has 1 unspecified atom stereocenters. The fraction of sp³-hybridized carbons (Fsp3) is 0.895. The Labute approximate surface area is 294 Å². The molecule has 0 radical (unpaired) electrons. The van der Waals surface area contributed by atoms with Crippen LogP contribution < -0.4 is 5.73 Å². The molecule has 0 aliphatic rings. The number of rotatable bonds is 37. The number of carbonyl (C=O) groups excluding carboxylic acids is 2. The van der Waals surface area contributed by atoms with Crippen molar-refractivity contribution in [3.63, 3.8) is 0 Å². The Balaban J connectivity index is 4.20. The summed E-state index contributed by atoms with van der Waals surface area (Å²) < 4.78 is 32.7. The third-order valence-corrected chi connectivity index (χ3v) is 9.39. The summed E-state index contributed by atoms with van der Waals surface area (Å²) in [7, 11) is -4.37. The molecular formula is C38H74NO8P. The van der Waals surface area contributed by atoms with E-state index in [2.05, 4.69) is 26.0 Å². The van der Waals surface area contributed by atoms with Gasteiger partial charge in [-0.3, -0.25) is 18.6 Å². The van der Waals surface area contributed by atoms with E-state index in [1.165, 1.54) is 103 Å². The molecule has 3 N–H and O–H groups in total. The predicted octanol–water partition coefficient (Wildman–Crippen LogP) is 10.7. The van der Waals surface area contributed by atoms with Gasteiger partial charge in [0.15, 0.2) is 6.10 Å². The summed E-state index contributed by atoms with van der Waals surface area (Å²) >= 11 is 0. The Hall–Kier alpha value is -1.25. The van der Waals surface area contributed by atoms with Crippen LogP contribution >= 0.6 is 7.82 Å². The van der Waals surface area contributed by atoms with Crippen LogP contribution in [0.3, 0.4) is 0 Å². The van der Waals surface area contributed by atoms with Crippen LogP contribution in [0.5, 0.6) is 0 Å². The van der Waals surface area contributed by atoms with Crippen molar-refractivity contribution in [2.24, 2.45) is 5.73 Å². The SMILES string of the molecule is CCCCCCC/C=C\CCCCCCCC(=O)O[C@H](COC(=O)CCCCCCCCCCCCCCC)COP(=O)(O)OCCN. The lowest BCUT2D eigenvalue weighted by atomic mass is 10.0. The van der Waals surface area contributed by atoms with E-state index in [1.807, 2.05) is 0 Å². The molecule has 0 bridgehead atoms. The third-order valence-electron chi connectivity index (χ3n) is 8.40. The topological polar surface area (TPSA) is 134 Å². The number of phosphoric acid groups is 1. The Morgan fingerprint density at radius 3 is 1.48 bits per heavy atom. The number of ether oxygens (including phenoxy) is 2. The van der Waals surface area contributed by atoms with Gasteiger partial charge in [0.2, 0.25) is 0 Å². The van der Waals surface area contributed by atoms with Crippen LogP contribution in [0.1, 0.15) is 187 Å². The van der Waals surface area contributed by atoms with Gasteiger partial charge in [-0.05, 0) is 38.5 Å². The van der Waals surface area contributed by atoms with Crippen LogP contribution in [0.2, 0.25) is 0 Å². The van der Waals surface area contributed by atoms with E-state index in [9.17, 15) is 19.0 Å². The van der Waals surface area contributed by atoms with E-state index >= 15 is 0 Å². The summed E-state index contributed by atoms with van der Waals surface area (Å²) in [6.45, 7) is 3.72. The predicted molar refractivity (Wildman–Crippen MR) is 197 cm³/mol. The molecular weight excluding hydrogens is 629 g/mol. The first kappa shape index (κ1) is 46.8. The minimum absolute atomic E-state index is 0.0546. The van der Waals surface area contributed by atoms with Crippen LogP contribution in [0.4, 0.5) is 0 Å². The van der Waals surface area contributed by atoms with Gasteiger partial charge in [0.1, 0.15) is 6.61 Å². The van der Waals surface area contributed by atoms with Crippen LogP contribution in [-0.2, 0) is 32.7 Å². The summed E-state index contributed by atoms with van der Waals surface area (Å²) in [5.74, 6) is -0.832. The zero-order chi connectivity index (χ0) is 35.4. The first-order chi connectivity index (χ1) is 23.3. The maximum atomic E-state index is 12.5. The summed E-state index contributed by atoms with van der Waals surface area (Å²) in [4.78, 5) is 34.7. The molecule has 0 amide bonds. The van der Waals surface area contributed by atoms with Crippen molar-refractivity contribution in [2.45, 2.75) is 193 Å². The molecule has 0 heterocycles. The van der Waals surface area contributed by atoms with Crippen molar-refractivity contribution >= 4 is 19.8 Å². The highest BCUT2D eigenvalue weighted by Gasteiger charge is 2.25. The molecule has 0 spiro atoms. The lowest BCUT2D eigenvalue weighted by Gasteiger charge is -2.19. The number of unbranched alkanes of at least 4 members (excludes halogenated alkanes) is 22. The van der Waals surface area contributed by atoms with Gasteiger partial charge >= 0.3 is 19.8 Å². The van der Waals surface area contributed by atoms with Gasteiger partial charge in [-0.15, -0.1) is 0 Å². The fourth-order valence-electron chi connectivity index (χ4n) is 5.45. The second kappa shape index (κ2) is 35.6. The van der Waals surface area contributed by atoms with Gasteiger partial charge in [0.05, 0.1) is 13.2 Å². The van der Waals surface area contributed by atoms with E-state index in [0.717, 1.165) is 51.4 Å². The molecule has 0 rings (SSSR count). The van der Waals surface area contributed by atoms with Gasteiger partial charge < -0.3 is 20.1 Å². The Morgan fingerprint density at radius 1 is 0.604 bits per heavy atom. The van der Waals surface area contributed by atoms with Crippen LogP contribution in [0, 0.1) is 0 Å². The van der Waals surface area contributed by atoms with Crippen LogP contribution in [-0.4, -0.2) is 49.3 Å². The molecule has 0 aliphatic heterocycles. The lowest BCUT2D eigenvalue weighted by Crippen LogP contribution is -2.29. The second-order valence-corrected chi connectivity index (χ2v) is 14.6. The molecule has 0 aliphatic carbocycles. The van der Waals surface area contributed by atoms with Gasteiger partial charge in [-0.2, -0.15) is 0 Å². The van der Waals surface area contributed by atoms with Gasteiger partial charge in [-0.25, -0.2) is 4.57 Å². The average molecular weight is 704 g/mol. The standard InChI is InChI=1S/C38H74NO8P/c1-3-5-7-9-11-13-15-17-19-21-23-25-27-29-31-38(41)47-36(35-46-48(42,43)45-33-32-39)34-44-37(40)30-28-26-24-22-20-18-16-14-12-10-8-6-4-2/h15,17,36H,3-14,16,18-35,39H2,1-2H3,(H,42,43)/b17-15-/t36-/m1/s1. The van der Waals surface area contributed by atoms with Gasteiger partial charge in [0, 0.05) is 19.4 Å². The van der Waals surface area contributed by atoms with E-state index in [-0.39, 0.29) is 38.6 Å². The largest absolute Gasteiger partial charge is 0.472 e. The highest BCUT2D eigenvalue weighted by molar-refractivity contribution is 7.47. The van der Waals surface area contributed by atoms with Crippen molar-refractivity contribution in [3.8, 4) is 0 Å². The number of hydrogen-bond donors (Lipinski definition) is 2. The first-order valence-corrected chi connectivity index (χ1v) is 21.2. The molecule has 0 fully saturated rings. The van der Waals surface area contributed by atoms with Crippen molar-refractivity contribution in [1.82, 2.24) is 0 Å². The van der Waals surface area contributed by atoms with Crippen molar-refractivity contribution in [1.29, 1.82) is 0 Å². The van der Waals surface area contributed by atoms with Gasteiger partial charge in [-0.1, -0.05) is 148 Å². The summed E-state index contributed by atoms with van der Waals surface area (Å²) in [6, 6.07) is 0. The third kappa shape index (κ3) is 34.6. The first-order valence-electron chi connectivity index (χ1n) is 19.7. The zero-order valence-electron chi connectivity index (χ0n) is 31.0. The molecule has 284 valence electrons. The highest BCUT2D eigenvalue weighted by Crippen LogP contribution is 2.43. The molecule has 48 heavy (non-hydrogen) atoms. The molecule has 0 aromatic carbocycles. The summed E-state index contributed by atoms with van der Waals surface area (Å²) in [5, 5.41) is 0. The Kier molecular flexibility index (Phi) is 34.6. The minimum atomic E-state index is -4.37. The molecule has 0 saturated carbocycles. The lowest BCUT2D eigenvalue weighted by molar-refractivity contribution is -0.161. The summed E-state index contributed by atoms with van der Waals surface area (Å²) in [5.41, 5.74) is 5.33. The van der Waals surface area contributed by atoms with E-state index in [0.29, 0.717) is 6.42 Å². The smallest absolute Gasteiger partial charge is 0.462 e. The monoisotopic (exact) mass is 704 g/mol. The molecule has 10 heteroatoms. The average Bonchev–Trinajstić information content (AvgIpc) is 3.07. The molecule has 0 aromatic rings. The van der Waals surface area contributed by atoms with Crippen molar-refractivity contribution in [2.75, 3.05) is 26.4 Å². The maximum absolute atomic E-state index is 12.5. The van der Waals surface area contributed by atoms with E-state index in [4.69, 9.17) is 24.3 Å². The zero-order valence-corrected chi connectivity index (χ0v) is 31.9. The normalized spacial score (nSPS) is 13.5. The number of hydrogen-bond acceptors (Lipinski definition) is 8. The molecule has 2 atom stereocenters. The number of carbonyl (C=O) groups is 2. The van der Waals surface area contributed by atoms with Crippen molar-refractivity contribution in [3.05, 3.63) is 12.2 Å². The van der Waals surface area contributed by atoms with Crippen LogP contribution in [0.25, 0.3) is 0 Å². The van der Waals surface area contributed by atoms with Crippen LogP contribution in [0.15, 0.2) is 12.2 Å². The molecule has 9 nitrogen and oxygen atoms in total.